The van der Waals surface area contributed by atoms with Crippen molar-refractivity contribution in [2.24, 2.45) is 5.92 Å². The molecule has 0 bridgehead atoms. The van der Waals surface area contributed by atoms with Gasteiger partial charge < -0.3 is 29.0 Å². The zero-order chi connectivity index (χ0) is 27.7. The SMILES string of the molecule is CC[C@H]1CCOC[C@H](NC(=O)c2nccc(OC)c2OC(C)=O)C(=O)O[C@@H](C)[C@@H]1OC(=O)c1ccccc1. The average Bonchev–Trinajstić information content (AvgIpc) is 2.91. The first-order chi connectivity index (χ1) is 18.2. The lowest BCUT2D eigenvalue weighted by molar-refractivity contribution is -0.162. The highest BCUT2D eigenvalue weighted by molar-refractivity contribution is 5.98. The third-order valence-electron chi connectivity index (χ3n) is 6.06. The first-order valence-corrected chi connectivity index (χ1v) is 12.3. The first-order valence-electron chi connectivity index (χ1n) is 12.3. The van der Waals surface area contributed by atoms with Gasteiger partial charge in [0.1, 0.15) is 12.2 Å². The largest absolute Gasteiger partial charge is 0.493 e. The van der Waals surface area contributed by atoms with E-state index < -0.39 is 42.1 Å². The number of nitrogens with one attached hydrogen (secondary N) is 1. The molecule has 0 spiro atoms. The van der Waals surface area contributed by atoms with E-state index in [9.17, 15) is 19.2 Å². The zero-order valence-corrected chi connectivity index (χ0v) is 21.8. The highest BCUT2D eigenvalue weighted by atomic mass is 16.6. The van der Waals surface area contributed by atoms with Crippen LogP contribution in [0.5, 0.6) is 11.5 Å². The van der Waals surface area contributed by atoms with Crippen LogP contribution in [-0.2, 0) is 23.8 Å². The number of amides is 1. The number of hydrogen-bond acceptors (Lipinski definition) is 10. The minimum absolute atomic E-state index is 0.118. The molecule has 204 valence electrons. The Hall–Kier alpha value is -3.99. The molecule has 11 nitrogen and oxygen atoms in total. The molecular weight excluding hydrogens is 496 g/mol. The predicted molar refractivity (Wildman–Crippen MR) is 134 cm³/mol. The Morgan fingerprint density at radius 2 is 1.89 bits per heavy atom. The monoisotopic (exact) mass is 528 g/mol. The molecule has 38 heavy (non-hydrogen) atoms. The molecule has 1 aliphatic heterocycles. The maximum atomic E-state index is 13.1. The second kappa shape index (κ2) is 13.5. The maximum Gasteiger partial charge on any atom is 0.338 e. The van der Waals surface area contributed by atoms with Gasteiger partial charge in [-0.1, -0.05) is 25.1 Å². The smallest absolute Gasteiger partial charge is 0.338 e. The normalized spacial score (nSPS) is 21.9. The van der Waals surface area contributed by atoms with E-state index in [-0.39, 0.29) is 36.3 Å². The van der Waals surface area contributed by atoms with E-state index in [0.717, 1.165) is 0 Å². The average molecular weight is 529 g/mol. The number of hydrogen-bond donors (Lipinski definition) is 1. The van der Waals surface area contributed by atoms with Crippen LogP contribution in [0.4, 0.5) is 0 Å². The van der Waals surface area contributed by atoms with Gasteiger partial charge in [0.25, 0.3) is 5.91 Å². The molecule has 1 saturated heterocycles. The summed E-state index contributed by atoms with van der Waals surface area (Å²) >= 11 is 0. The molecule has 1 aromatic carbocycles. The number of aromatic nitrogens is 1. The van der Waals surface area contributed by atoms with Gasteiger partial charge in [-0.25, -0.2) is 14.6 Å². The van der Waals surface area contributed by atoms with Crippen molar-refractivity contribution in [3.05, 3.63) is 53.9 Å². The second-order valence-electron chi connectivity index (χ2n) is 8.72. The number of rotatable bonds is 7. The third-order valence-corrected chi connectivity index (χ3v) is 6.06. The molecule has 0 aliphatic carbocycles. The van der Waals surface area contributed by atoms with Gasteiger partial charge in [0.2, 0.25) is 5.75 Å². The van der Waals surface area contributed by atoms with Gasteiger partial charge in [-0.15, -0.1) is 0 Å². The summed E-state index contributed by atoms with van der Waals surface area (Å²) in [4.78, 5) is 54.5. The third kappa shape index (κ3) is 7.28. The molecule has 1 N–H and O–H groups in total. The fourth-order valence-corrected chi connectivity index (χ4v) is 4.10. The number of ether oxygens (including phenoxy) is 5. The number of carbonyl (C=O) groups is 4. The van der Waals surface area contributed by atoms with Crippen molar-refractivity contribution in [2.45, 2.75) is 51.9 Å². The Bertz CT molecular complexity index is 1140. The molecule has 1 aliphatic rings. The summed E-state index contributed by atoms with van der Waals surface area (Å²) in [5, 5.41) is 2.54. The van der Waals surface area contributed by atoms with Gasteiger partial charge in [-0.3, -0.25) is 9.59 Å². The highest BCUT2D eigenvalue weighted by Crippen LogP contribution is 2.30. The van der Waals surface area contributed by atoms with Crippen LogP contribution >= 0.6 is 0 Å². The van der Waals surface area contributed by atoms with E-state index >= 15 is 0 Å². The molecule has 0 saturated carbocycles. The van der Waals surface area contributed by atoms with Crippen LogP contribution in [0.25, 0.3) is 0 Å². The number of nitrogens with zero attached hydrogens (tertiary/aromatic N) is 1. The first kappa shape index (κ1) is 28.6. The van der Waals surface area contributed by atoms with E-state index in [1.165, 1.54) is 26.3 Å². The predicted octanol–water partition coefficient (Wildman–Crippen LogP) is 2.72. The van der Waals surface area contributed by atoms with Gasteiger partial charge in [0, 0.05) is 31.7 Å². The van der Waals surface area contributed by atoms with E-state index in [0.29, 0.717) is 18.4 Å². The summed E-state index contributed by atoms with van der Waals surface area (Å²) in [6, 6.07) is 8.77. The number of methoxy groups -OCH3 is 1. The van der Waals surface area contributed by atoms with Gasteiger partial charge in [-0.05, 0) is 31.9 Å². The highest BCUT2D eigenvalue weighted by Gasteiger charge is 2.36. The van der Waals surface area contributed by atoms with Crippen molar-refractivity contribution in [2.75, 3.05) is 20.3 Å². The van der Waals surface area contributed by atoms with Gasteiger partial charge in [-0.2, -0.15) is 0 Å². The van der Waals surface area contributed by atoms with E-state index in [1.54, 1.807) is 37.3 Å². The zero-order valence-electron chi connectivity index (χ0n) is 21.8. The van der Waals surface area contributed by atoms with E-state index in [2.05, 4.69) is 10.3 Å². The topological polar surface area (TPSA) is 139 Å². The standard InChI is InChI=1S/C27H32N2O9/c1-5-18-12-14-35-15-20(29-25(31)22-24(37-17(3)30)21(34-4)11-13-28-22)27(33)36-16(2)23(18)38-26(32)19-9-7-6-8-10-19/h6-11,13,16,18,20,23H,5,12,14-15H2,1-4H3,(H,29,31)/t16-,18-,20-,23-/m0/s1. The minimum Gasteiger partial charge on any atom is -0.493 e. The Labute approximate surface area is 220 Å². The molecule has 11 heteroatoms. The van der Waals surface area contributed by atoms with Gasteiger partial charge in [0.05, 0.1) is 19.3 Å². The number of cyclic esters (lactones) is 1. The van der Waals surface area contributed by atoms with Gasteiger partial charge in [0.15, 0.2) is 17.5 Å². The quantitative estimate of drug-likeness (QED) is 0.534. The Kier molecular flexibility index (Phi) is 10.2. The summed E-state index contributed by atoms with van der Waals surface area (Å²) in [6.07, 6.45) is 0.981. The summed E-state index contributed by atoms with van der Waals surface area (Å²) in [6.45, 7) is 4.88. The lowest BCUT2D eigenvalue weighted by atomic mass is 9.92. The molecule has 1 aromatic heterocycles. The Balaban J connectivity index is 1.79. The van der Waals surface area contributed by atoms with Crippen LogP contribution in [0.3, 0.4) is 0 Å². The summed E-state index contributed by atoms with van der Waals surface area (Å²) in [5.41, 5.74) is 0.131. The van der Waals surface area contributed by atoms with Crippen LogP contribution in [0.2, 0.25) is 0 Å². The van der Waals surface area contributed by atoms with E-state index in [4.69, 9.17) is 23.7 Å². The fraction of sp³-hybridized carbons (Fsp3) is 0.444. The van der Waals surface area contributed by atoms with Crippen LogP contribution in [0.15, 0.2) is 42.6 Å². The molecule has 2 heterocycles. The molecule has 2 aromatic rings. The number of pyridine rings is 1. The number of carbonyl (C=O) groups excluding carboxylic acids is 4. The van der Waals surface area contributed by atoms with Crippen molar-refractivity contribution in [1.82, 2.24) is 10.3 Å². The maximum absolute atomic E-state index is 13.1. The fourth-order valence-electron chi connectivity index (χ4n) is 4.10. The van der Waals surface area contributed by atoms with E-state index in [1.807, 2.05) is 6.92 Å². The van der Waals surface area contributed by atoms with Crippen molar-refractivity contribution < 1.29 is 42.9 Å². The van der Waals surface area contributed by atoms with Crippen molar-refractivity contribution in [3.63, 3.8) is 0 Å². The lowest BCUT2D eigenvalue weighted by Crippen LogP contribution is -2.49. The molecule has 0 unspecified atom stereocenters. The summed E-state index contributed by atoms with van der Waals surface area (Å²) < 4.78 is 27.5. The van der Waals surface area contributed by atoms with Crippen molar-refractivity contribution in [3.8, 4) is 11.5 Å². The Morgan fingerprint density at radius 3 is 2.55 bits per heavy atom. The minimum atomic E-state index is -1.20. The second-order valence-corrected chi connectivity index (χ2v) is 8.72. The molecule has 1 fully saturated rings. The molecule has 3 rings (SSSR count). The van der Waals surface area contributed by atoms with Crippen molar-refractivity contribution >= 4 is 23.8 Å². The summed E-state index contributed by atoms with van der Waals surface area (Å²) in [7, 11) is 1.35. The van der Waals surface area contributed by atoms with Crippen LogP contribution in [0.1, 0.15) is 54.5 Å². The molecule has 0 radical (unpaired) electrons. The van der Waals surface area contributed by atoms with Crippen LogP contribution in [0, 0.1) is 5.92 Å². The van der Waals surface area contributed by atoms with Crippen molar-refractivity contribution in [1.29, 1.82) is 0 Å². The summed E-state index contributed by atoms with van der Waals surface area (Å²) in [5.74, 6) is -2.96. The molecule has 4 atom stereocenters. The Morgan fingerprint density at radius 1 is 1.16 bits per heavy atom. The molecule has 1 amide bonds. The number of esters is 3. The van der Waals surface area contributed by atoms with Crippen LogP contribution < -0.4 is 14.8 Å². The number of benzene rings is 1. The van der Waals surface area contributed by atoms with Crippen LogP contribution in [-0.4, -0.2) is 67.4 Å². The lowest BCUT2D eigenvalue weighted by Gasteiger charge is -2.33. The molecular formula is C27H32N2O9. The van der Waals surface area contributed by atoms with Gasteiger partial charge >= 0.3 is 17.9 Å².